The van der Waals surface area contributed by atoms with Crippen molar-refractivity contribution in [2.24, 2.45) is 5.92 Å². The number of phenols is 1. The lowest BCUT2D eigenvalue weighted by atomic mass is 10.0. The first-order valence-electron chi connectivity index (χ1n) is 7.38. The van der Waals surface area contributed by atoms with Gasteiger partial charge < -0.3 is 9.84 Å². The number of ether oxygens (including phenoxy) is 1. The summed E-state index contributed by atoms with van der Waals surface area (Å²) >= 11 is 0. The van der Waals surface area contributed by atoms with Crippen LogP contribution in [0, 0.1) is 19.8 Å². The van der Waals surface area contributed by atoms with Crippen molar-refractivity contribution in [3.63, 3.8) is 0 Å². The molecule has 0 heterocycles. The van der Waals surface area contributed by atoms with Crippen LogP contribution in [0.15, 0.2) is 12.1 Å². The molecule has 0 bridgehead atoms. The fourth-order valence-corrected chi connectivity index (χ4v) is 2.32. The van der Waals surface area contributed by atoms with Crippen molar-refractivity contribution in [3.8, 4) is 5.75 Å². The van der Waals surface area contributed by atoms with Gasteiger partial charge in [0.1, 0.15) is 5.75 Å². The third-order valence-electron chi connectivity index (χ3n) is 3.48. The number of aryl methyl sites for hydroxylation is 3. The summed E-state index contributed by atoms with van der Waals surface area (Å²) in [6.45, 7) is 8.49. The summed E-state index contributed by atoms with van der Waals surface area (Å²) in [5.74, 6) is 0.628. The molecule has 0 saturated heterocycles. The first kappa shape index (κ1) is 16.5. The fourth-order valence-electron chi connectivity index (χ4n) is 2.32. The maximum Gasteiger partial charge on any atom is 0.306 e. The van der Waals surface area contributed by atoms with Gasteiger partial charge in [0.25, 0.3) is 0 Å². The molecular formula is C17H26O3. The van der Waals surface area contributed by atoms with Crippen molar-refractivity contribution in [2.75, 3.05) is 6.61 Å². The molecule has 0 spiro atoms. The molecule has 0 fully saturated rings. The largest absolute Gasteiger partial charge is 0.507 e. The molecule has 1 atom stereocenters. The van der Waals surface area contributed by atoms with E-state index in [1.807, 2.05) is 26.0 Å². The van der Waals surface area contributed by atoms with Gasteiger partial charge in [0.05, 0.1) is 6.61 Å². The summed E-state index contributed by atoms with van der Waals surface area (Å²) in [6, 6.07) is 3.85. The molecule has 20 heavy (non-hydrogen) atoms. The maximum absolute atomic E-state index is 11.7. The van der Waals surface area contributed by atoms with Gasteiger partial charge in [-0.2, -0.15) is 0 Å². The van der Waals surface area contributed by atoms with Crippen LogP contribution in [0.3, 0.4) is 0 Å². The Bertz CT molecular complexity index is 429. The van der Waals surface area contributed by atoms with Crippen molar-refractivity contribution in [1.29, 1.82) is 0 Å². The fraction of sp³-hybridized carbons (Fsp3) is 0.588. The second-order valence-electron chi connectivity index (χ2n) is 5.66. The van der Waals surface area contributed by atoms with Gasteiger partial charge in [-0.3, -0.25) is 4.79 Å². The minimum atomic E-state index is -0.142. The van der Waals surface area contributed by atoms with Crippen molar-refractivity contribution < 1.29 is 14.6 Å². The predicted molar refractivity (Wildman–Crippen MR) is 80.9 cm³/mol. The van der Waals surface area contributed by atoms with Gasteiger partial charge in [-0.15, -0.1) is 0 Å². The van der Waals surface area contributed by atoms with Crippen LogP contribution in [-0.4, -0.2) is 17.7 Å². The van der Waals surface area contributed by atoms with Gasteiger partial charge in [-0.25, -0.2) is 0 Å². The summed E-state index contributed by atoms with van der Waals surface area (Å²) in [4.78, 5) is 11.7. The SMILES string of the molecule is CCCC(C)COC(=O)CCc1cc(C)c(O)c(C)c1. The van der Waals surface area contributed by atoms with Crippen LogP contribution in [-0.2, 0) is 16.0 Å². The van der Waals surface area contributed by atoms with E-state index >= 15 is 0 Å². The number of hydrogen-bond acceptors (Lipinski definition) is 3. The van der Waals surface area contributed by atoms with E-state index in [0.717, 1.165) is 29.5 Å². The summed E-state index contributed by atoms with van der Waals surface area (Å²) < 4.78 is 5.27. The number of esters is 1. The third-order valence-corrected chi connectivity index (χ3v) is 3.48. The van der Waals surface area contributed by atoms with Crippen molar-refractivity contribution >= 4 is 5.97 Å². The lowest BCUT2D eigenvalue weighted by Crippen LogP contribution is -2.12. The number of hydrogen-bond donors (Lipinski definition) is 1. The molecule has 0 aliphatic carbocycles. The molecule has 112 valence electrons. The Labute approximate surface area is 122 Å². The molecule has 0 radical (unpaired) electrons. The average molecular weight is 278 g/mol. The number of carbonyl (C=O) groups is 1. The van der Waals surface area contributed by atoms with Crippen LogP contribution in [0.25, 0.3) is 0 Å². The molecular weight excluding hydrogens is 252 g/mol. The van der Waals surface area contributed by atoms with E-state index in [-0.39, 0.29) is 5.97 Å². The van der Waals surface area contributed by atoms with E-state index in [0.29, 0.717) is 31.1 Å². The Kier molecular flexibility index (Phi) is 6.56. The van der Waals surface area contributed by atoms with Gasteiger partial charge >= 0.3 is 5.97 Å². The monoisotopic (exact) mass is 278 g/mol. The van der Waals surface area contributed by atoms with E-state index in [1.165, 1.54) is 0 Å². The molecule has 3 nitrogen and oxygen atoms in total. The van der Waals surface area contributed by atoms with E-state index in [2.05, 4.69) is 13.8 Å². The van der Waals surface area contributed by atoms with Crippen LogP contribution in [0.4, 0.5) is 0 Å². The zero-order chi connectivity index (χ0) is 15.1. The Hall–Kier alpha value is -1.51. The minimum absolute atomic E-state index is 0.142. The molecule has 1 N–H and O–H groups in total. The van der Waals surface area contributed by atoms with E-state index in [9.17, 15) is 9.90 Å². The molecule has 3 heteroatoms. The van der Waals surface area contributed by atoms with E-state index < -0.39 is 0 Å². The van der Waals surface area contributed by atoms with Crippen molar-refractivity contribution in [1.82, 2.24) is 0 Å². The molecule has 0 aliphatic rings. The summed E-state index contributed by atoms with van der Waals surface area (Å²) in [5.41, 5.74) is 2.77. The average Bonchev–Trinajstić information content (AvgIpc) is 2.40. The van der Waals surface area contributed by atoms with Crippen LogP contribution in [0.2, 0.25) is 0 Å². The summed E-state index contributed by atoms with van der Waals surface area (Å²) in [7, 11) is 0. The highest BCUT2D eigenvalue weighted by molar-refractivity contribution is 5.69. The summed E-state index contributed by atoms with van der Waals surface area (Å²) in [5, 5.41) is 9.71. The van der Waals surface area contributed by atoms with Crippen LogP contribution < -0.4 is 0 Å². The Morgan fingerprint density at radius 2 is 1.90 bits per heavy atom. The van der Waals surface area contributed by atoms with Gasteiger partial charge in [0.2, 0.25) is 0 Å². The molecule has 0 aromatic heterocycles. The topological polar surface area (TPSA) is 46.5 Å². The van der Waals surface area contributed by atoms with Gasteiger partial charge in [-0.1, -0.05) is 32.4 Å². The highest BCUT2D eigenvalue weighted by Gasteiger charge is 2.09. The highest BCUT2D eigenvalue weighted by atomic mass is 16.5. The van der Waals surface area contributed by atoms with Crippen molar-refractivity contribution in [2.45, 2.75) is 53.4 Å². The molecule has 1 rings (SSSR count). The zero-order valence-corrected chi connectivity index (χ0v) is 13.0. The van der Waals surface area contributed by atoms with Gasteiger partial charge in [0.15, 0.2) is 0 Å². The second-order valence-corrected chi connectivity index (χ2v) is 5.66. The predicted octanol–water partition coefficient (Wildman–Crippen LogP) is 3.92. The minimum Gasteiger partial charge on any atom is -0.507 e. The smallest absolute Gasteiger partial charge is 0.306 e. The van der Waals surface area contributed by atoms with E-state index in [4.69, 9.17) is 4.74 Å². The first-order chi connectivity index (χ1) is 9.43. The highest BCUT2D eigenvalue weighted by Crippen LogP contribution is 2.23. The Balaban J connectivity index is 2.41. The lowest BCUT2D eigenvalue weighted by Gasteiger charge is -2.11. The number of rotatable bonds is 7. The van der Waals surface area contributed by atoms with E-state index in [1.54, 1.807) is 0 Å². The molecule has 1 aromatic rings. The standard InChI is InChI=1S/C17H26O3/c1-5-6-12(2)11-20-16(18)8-7-15-9-13(3)17(19)14(4)10-15/h9-10,12,19H,5-8,11H2,1-4H3. The lowest BCUT2D eigenvalue weighted by molar-refractivity contribution is -0.144. The number of benzene rings is 1. The van der Waals surface area contributed by atoms with Crippen molar-refractivity contribution in [3.05, 3.63) is 28.8 Å². The Morgan fingerprint density at radius 1 is 1.30 bits per heavy atom. The van der Waals surface area contributed by atoms with Crippen LogP contribution >= 0.6 is 0 Å². The second kappa shape index (κ2) is 7.93. The molecule has 0 saturated carbocycles. The quantitative estimate of drug-likeness (QED) is 0.769. The summed E-state index contributed by atoms with van der Waals surface area (Å²) in [6.07, 6.45) is 3.25. The number of phenolic OH excluding ortho intramolecular Hbond substituents is 1. The molecule has 0 aliphatic heterocycles. The Morgan fingerprint density at radius 3 is 2.45 bits per heavy atom. The normalized spacial score (nSPS) is 12.2. The number of aromatic hydroxyl groups is 1. The number of carbonyl (C=O) groups excluding carboxylic acids is 1. The third kappa shape index (κ3) is 5.24. The molecule has 1 unspecified atom stereocenters. The van der Waals surface area contributed by atoms with Crippen LogP contribution in [0.1, 0.15) is 49.8 Å². The first-order valence-corrected chi connectivity index (χ1v) is 7.38. The van der Waals surface area contributed by atoms with Gasteiger partial charge in [0, 0.05) is 6.42 Å². The van der Waals surface area contributed by atoms with Gasteiger partial charge in [-0.05, 0) is 49.3 Å². The van der Waals surface area contributed by atoms with Crippen LogP contribution in [0.5, 0.6) is 5.75 Å². The molecule has 0 amide bonds. The zero-order valence-electron chi connectivity index (χ0n) is 13.0. The maximum atomic E-state index is 11.7. The molecule has 1 aromatic carbocycles.